The summed E-state index contributed by atoms with van der Waals surface area (Å²) in [6, 6.07) is 6.15. The Morgan fingerprint density at radius 3 is 3.04 bits per heavy atom. The van der Waals surface area contributed by atoms with Crippen LogP contribution in [0.3, 0.4) is 0 Å². The Morgan fingerprint density at radius 2 is 2.25 bits per heavy atom. The molecule has 3 aliphatic rings. The van der Waals surface area contributed by atoms with Crippen LogP contribution in [0.4, 0.5) is 0 Å². The summed E-state index contributed by atoms with van der Waals surface area (Å²) >= 11 is 6.08. The number of carbonyl (C=O) groups is 1. The van der Waals surface area contributed by atoms with Crippen molar-refractivity contribution in [3.63, 3.8) is 0 Å². The normalized spacial score (nSPS) is 30.9. The van der Waals surface area contributed by atoms with Crippen molar-refractivity contribution in [2.24, 2.45) is 5.92 Å². The quantitative estimate of drug-likeness (QED) is 0.836. The third-order valence-corrected chi connectivity index (χ3v) is 5.80. The lowest BCUT2D eigenvalue weighted by Crippen LogP contribution is -2.46. The Kier molecular flexibility index (Phi) is 4.01. The van der Waals surface area contributed by atoms with Crippen molar-refractivity contribution in [1.29, 1.82) is 5.26 Å². The van der Waals surface area contributed by atoms with E-state index in [1.807, 2.05) is 23.1 Å². The number of benzene rings is 1. The Hall–Kier alpha value is -1.93. The minimum Gasteiger partial charge on any atom is -0.493 e. The van der Waals surface area contributed by atoms with E-state index in [1.165, 1.54) is 0 Å². The summed E-state index contributed by atoms with van der Waals surface area (Å²) in [4.78, 5) is 14.6. The van der Waals surface area contributed by atoms with Gasteiger partial charge in [-0.05, 0) is 55.9 Å². The van der Waals surface area contributed by atoms with E-state index < -0.39 is 0 Å². The summed E-state index contributed by atoms with van der Waals surface area (Å²) in [6.45, 7) is 0.535. The van der Waals surface area contributed by atoms with Crippen LogP contribution in [0.2, 0.25) is 5.02 Å². The molecule has 1 amide bonds. The molecule has 0 spiro atoms. The minimum atomic E-state index is -0.112. The smallest absolute Gasteiger partial charge is 0.223 e. The first-order valence-electron chi connectivity index (χ1n) is 8.55. The highest BCUT2D eigenvalue weighted by Gasteiger charge is 2.47. The minimum absolute atomic E-state index is 0.0712. The standard InChI is InChI=1S/C18H20ClN3O2/c19-13-1-4-17-12(8-13)7-11(5-6-24-17)18(23)21-15-9-14-2-3-16(15)22(14)10-20/h1,4,8,11,14-16H,2-3,5-7,9H2,(H,21,23)/t11?,14-,15+,16+/m0/s1. The van der Waals surface area contributed by atoms with E-state index in [2.05, 4.69) is 11.5 Å². The Morgan fingerprint density at radius 1 is 1.38 bits per heavy atom. The molecule has 0 aliphatic carbocycles. The summed E-state index contributed by atoms with van der Waals surface area (Å²) in [7, 11) is 0. The molecule has 1 N–H and O–H groups in total. The van der Waals surface area contributed by atoms with Gasteiger partial charge in [0.15, 0.2) is 6.19 Å². The van der Waals surface area contributed by atoms with Crippen molar-refractivity contribution < 1.29 is 9.53 Å². The topological polar surface area (TPSA) is 65.4 Å². The van der Waals surface area contributed by atoms with Gasteiger partial charge in [0.1, 0.15) is 5.75 Å². The molecule has 3 heterocycles. The lowest BCUT2D eigenvalue weighted by Gasteiger charge is -2.24. The van der Waals surface area contributed by atoms with E-state index in [0.29, 0.717) is 30.5 Å². The van der Waals surface area contributed by atoms with Crippen molar-refractivity contribution in [1.82, 2.24) is 10.2 Å². The van der Waals surface area contributed by atoms with Crippen LogP contribution in [0.5, 0.6) is 5.75 Å². The number of carbonyl (C=O) groups excluding carboxylic acids is 1. The number of rotatable bonds is 2. The van der Waals surface area contributed by atoms with E-state index in [0.717, 1.165) is 30.6 Å². The van der Waals surface area contributed by atoms with E-state index in [1.54, 1.807) is 0 Å². The fourth-order valence-corrected chi connectivity index (χ4v) is 4.55. The van der Waals surface area contributed by atoms with Crippen LogP contribution in [0.1, 0.15) is 31.2 Å². The Balaban J connectivity index is 1.45. The largest absolute Gasteiger partial charge is 0.493 e. The van der Waals surface area contributed by atoms with Gasteiger partial charge in [0.05, 0.1) is 18.7 Å². The Bertz CT molecular complexity index is 702. The highest BCUT2D eigenvalue weighted by Crippen LogP contribution is 2.37. The molecule has 3 aliphatic heterocycles. The van der Waals surface area contributed by atoms with E-state index in [4.69, 9.17) is 16.3 Å². The Labute approximate surface area is 146 Å². The third kappa shape index (κ3) is 2.69. The van der Waals surface area contributed by atoms with Crippen molar-refractivity contribution in [3.05, 3.63) is 28.8 Å². The van der Waals surface area contributed by atoms with Crippen LogP contribution in [0, 0.1) is 17.4 Å². The molecule has 2 bridgehead atoms. The molecule has 4 rings (SSSR count). The molecule has 126 valence electrons. The zero-order valence-electron chi connectivity index (χ0n) is 13.4. The molecule has 2 fully saturated rings. The number of hydrogen-bond acceptors (Lipinski definition) is 4. The maximum absolute atomic E-state index is 12.8. The number of nitrogens with zero attached hydrogens (tertiary/aromatic N) is 2. The van der Waals surface area contributed by atoms with Crippen molar-refractivity contribution in [2.45, 2.75) is 50.2 Å². The number of amides is 1. The molecule has 1 aromatic carbocycles. The number of ether oxygens (including phenoxy) is 1. The van der Waals surface area contributed by atoms with Gasteiger partial charge in [-0.1, -0.05) is 11.6 Å². The third-order valence-electron chi connectivity index (χ3n) is 5.56. The van der Waals surface area contributed by atoms with E-state index in [-0.39, 0.29) is 23.9 Å². The van der Waals surface area contributed by atoms with Crippen LogP contribution in [-0.2, 0) is 11.2 Å². The monoisotopic (exact) mass is 345 g/mol. The van der Waals surface area contributed by atoms with Gasteiger partial charge in [0, 0.05) is 17.0 Å². The second-order valence-electron chi connectivity index (χ2n) is 6.95. The van der Waals surface area contributed by atoms with E-state index >= 15 is 0 Å². The fraction of sp³-hybridized carbons (Fsp3) is 0.556. The summed E-state index contributed by atoms with van der Waals surface area (Å²) in [5, 5.41) is 13.1. The number of halogens is 1. The zero-order valence-corrected chi connectivity index (χ0v) is 14.1. The van der Waals surface area contributed by atoms with Gasteiger partial charge < -0.3 is 15.0 Å². The number of hydrogen-bond donors (Lipinski definition) is 1. The van der Waals surface area contributed by atoms with E-state index in [9.17, 15) is 10.1 Å². The molecular weight excluding hydrogens is 326 g/mol. The lowest BCUT2D eigenvalue weighted by atomic mass is 9.92. The summed E-state index contributed by atoms with van der Waals surface area (Å²) in [5.41, 5.74) is 0.992. The second kappa shape index (κ2) is 6.18. The molecule has 0 radical (unpaired) electrons. The van der Waals surface area contributed by atoms with Crippen molar-refractivity contribution in [2.75, 3.05) is 6.61 Å². The fourth-order valence-electron chi connectivity index (χ4n) is 4.35. The molecular formula is C18H20ClN3O2. The molecule has 4 atom stereocenters. The summed E-state index contributed by atoms with van der Waals surface area (Å²) < 4.78 is 5.75. The zero-order chi connectivity index (χ0) is 16.7. The van der Waals surface area contributed by atoms with Crippen LogP contribution >= 0.6 is 11.6 Å². The molecule has 1 unspecified atom stereocenters. The summed E-state index contributed by atoms with van der Waals surface area (Å²) in [6.07, 6.45) is 6.57. The second-order valence-corrected chi connectivity index (χ2v) is 7.38. The highest BCUT2D eigenvalue weighted by atomic mass is 35.5. The molecule has 5 nitrogen and oxygen atoms in total. The van der Waals surface area contributed by atoms with Crippen LogP contribution < -0.4 is 10.1 Å². The predicted octanol–water partition coefficient (Wildman–Crippen LogP) is 2.48. The SMILES string of the molecule is N#CN1[C@H]2CC[C@@H]1[C@H](NC(=O)C1CCOc3ccc(Cl)cc3C1)C2. The first-order valence-corrected chi connectivity index (χ1v) is 8.93. The average molecular weight is 346 g/mol. The molecule has 6 heteroatoms. The number of nitrogens with one attached hydrogen (secondary N) is 1. The van der Waals surface area contributed by atoms with Gasteiger partial charge in [0.2, 0.25) is 5.91 Å². The van der Waals surface area contributed by atoms with Gasteiger partial charge in [-0.2, -0.15) is 5.26 Å². The molecule has 0 aromatic heterocycles. The van der Waals surface area contributed by atoms with Crippen molar-refractivity contribution >= 4 is 17.5 Å². The van der Waals surface area contributed by atoms with Gasteiger partial charge in [0.25, 0.3) is 0 Å². The predicted molar refractivity (Wildman–Crippen MR) is 89.6 cm³/mol. The number of fused-ring (bicyclic) bond motifs is 3. The van der Waals surface area contributed by atoms with Gasteiger partial charge in [-0.3, -0.25) is 4.79 Å². The maximum atomic E-state index is 12.8. The van der Waals surface area contributed by atoms with Crippen LogP contribution in [0.25, 0.3) is 0 Å². The molecule has 0 saturated carbocycles. The number of nitriles is 1. The average Bonchev–Trinajstić information content (AvgIpc) is 3.03. The first-order chi connectivity index (χ1) is 11.7. The van der Waals surface area contributed by atoms with Gasteiger partial charge in [-0.15, -0.1) is 0 Å². The van der Waals surface area contributed by atoms with Crippen LogP contribution in [-0.4, -0.2) is 35.5 Å². The highest BCUT2D eigenvalue weighted by molar-refractivity contribution is 6.30. The van der Waals surface area contributed by atoms with Crippen LogP contribution in [0.15, 0.2) is 18.2 Å². The van der Waals surface area contributed by atoms with Gasteiger partial charge >= 0.3 is 0 Å². The molecule has 24 heavy (non-hydrogen) atoms. The van der Waals surface area contributed by atoms with Crippen molar-refractivity contribution in [3.8, 4) is 11.9 Å². The van der Waals surface area contributed by atoms with Gasteiger partial charge in [-0.25, -0.2) is 0 Å². The molecule has 1 aromatic rings. The first kappa shape index (κ1) is 15.6. The molecule has 2 saturated heterocycles. The maximum Gasteiger partial charge on any atom is 0.223 e. The lowest BCUT2D eigenvalue weighted by molar-refractivity contribution is -0.126. The summed E-state index contributed by atoms with van der Waals surface area (Å²) in [5.74, 6) is 0.784.